The summed E-state index contributed by atoms with van der Waals surface area (Å²) in [4.78, 5) is 25.7. The fourth-order valence-corrected chi connectivity index (χ4v) is 4.40. The molecule has 0 atom stereocenters. The van der Waals surface area contributed by atoms with Gasteiger partial charge < -0.3 is 23.9 Å². The van der Waals surface area contributed by atoms with Gasteiger partial charge >= 0.3 is 5.97 Å². The quantitative estimate of drug-likeness (QED) is 0.355. The Bertz CT molecular complexity index is 1100. The zero-order chi connectivity index (χ0) is 23.3. The van der Waals surface area contributed by atoms with Gasteiger partial charge in [0.15, 0.2) is 0 Å². The number of thioether (sulfide) groups is 1. The summed E-state index contributed by atoms with van der Waals surface area (Å²) in [5.41, 5.74) is 1.82. The molecule has 0 saturated carbocycles. The van der Waals surface area contributed by atoms with Crippen LogP contribution in [0.3, 0.4) is 0 Å². The lowest BCUT2D eigenvalue weighted by Gasteiger charge is -2.06. The van der Waals surface area contributed by atoms with Crippen molar-refractivity contribution in [1.29, 1.82) is 0 Å². The molecule has 32 heavy (non-hydrogen) atoms. The van der Waals surface area contributed by atoms with Crippen LogP contribution in [-0.2, 0) is 9.53 Å². The first kappa shape index (κ1) is 23.6. The number of hydrogen-bond donors (Lipinski definition) is 1. The third kappa shape index (κ3) is 5.40. The molecule has 0 saturated heterocycles. The average molecular weight is 478 g/mol. The van der Waals surface area contributed by atoms with Crippen molar-refractivity contribution in [3.05, 3.63) is 34.2 Å². The van der Waals surface area contributed by atoms with Crippen LogP contribution in [-0.4, -0.2) is 48.7 Å². The van der Waals surface area contributed by atoms with Crippen molar-refractivity contribution < 1.29 is 28.2 Å². The van der Waals surface area contributed by atoms with E-state index < -0.39 is 5.97 Å². The second-order valence-corrected chi connectivity index (χ2v) is 8.67. The number of nitrogens with zero attached hydrogens (tertiary/aromatic N) is 2. The Labute approximate surface area is 193 Å². The molecular weight excluding hydrogens is 454 g/mol. The van der Waals surface area contributed by atoms with Crippen molar-refractivity contribution in [3.63, 3.8) is 0 Å². The van der Waals surface area contributed by atoms with E-state index in [4.69, 9.17) is 18.6 Å². The van der Waals surface area contributed by atoms with Gasteiger partial charge in [-0.2, -0.15) is 0 Å². The third-order valence-corrected chi connectivity index (χ3v) is 6.39. The molecule has 0 aliphatic carbocycles. The van der Waals surface area contributed by atoms with E-state index in [2.05, 4.69) is 15.5 Å². The molecule has 0 radical (unpaired) electrons. The van der Waals surface area contributed by atoms with Crippen molar-refractivity contribution in [3.8, 4) is 23.0 Å². The number of ether oxygens (including phenoxy) is 3. The highest BCUT2D eigenvalue weighted by molar-refractivity contribution is 7.99. The van der Waals surface area contributed by atoms with Crippen LogP contribution in [0.25, 0.3) is 11.5 Å². The van der Waals surface area contributed by atoms with E-state index in [0.29, 0.717) is 27.6 Å². The minimum atomic E-state index is -0.451. The molecule has 3 rings (SSSR count). The Kier molecular flexibility index (Phi) is 7.75. The third-order valence-electron chi connectivity index (χ3n) is 4.45. The second-order valence-electron chi connectivity index (χ2n) is 6.52. The summed E-state index contributed by atoms with van der Waals surface area (Å²) in [6, 6.07) is 5.23. The molecule has 0 spiro atoms. The highest BCUT2D eigenvalue weighted by atomic mass is 32.2. The van der Waals surface area contributed by atoms with Crippen molar-refractivity contribution >= 4 is 40.0 Å². The largest absolute Gasteiger partial charge is 0.497 e. The minimum absolute atomic E-state index is 0.0291. The van der Waals surface area contributed by atoms with Crippen molar-refractivity contribution in [2.45, 2.75) is 26.0 Å². The Hall–Kier alpha value is -3.05. The Morgan fingerprint density at radius 3 is 2.44 bits per heavy atom. The molecule has 1 N–H and O–H groups in total. The van der Waals surface area contributed by atoms with Gasteiger partial charge in [-0.05, 0) is 38.5 Å². The average Bonchev–Trinajstić information content (AvgIpc) is 3.36. The fraction of sp³-hybridized carbons (Fsp3) is 0.333. The van der Waals surface area contributed by atoms with Crippen LogP contribution in [0.4, 0.5) is 5.00 Å². The number of hydrogen-bond acceptors (Lipinski definition) is 10. The summed E-state index contributed by atoms with van der Waals surface area (Å²) in [6.45, 7) is 5.72. The number of aryl methyl sites for hydroxylation is 1. The summed E-state index contributed by atoms with van der Waals surface area (Å²) >= 11 is 2.43. The number of anilines is 1. The Morgan fingerprint density at radius 1 is 1.12 bits per heavy atom. The molecule has 11 heteroatoms. The predicted molar refractivity (Wildman–Crippen MR) is 122 cm³/mol. The number of carbonyl (C=O) groups is 2. The van der Waals surface area contributed by atoms with Gasteiger partial charge in [0.25, 0.3) is 5.22 Å². The molecule has 0 unspecified atom stereocenters. The number of thiophene rings is 1. The summed E-state index contributed by atoms with van der Waals surface area (Å²) in [6.07, 6.45) is 0. The Morgan fingerprint density at radius 2 is 1.81 bits per heavy atom. The smallest absolute Gasteiger partial charge is 0.341 e. The van der Waals surface area contributed by atoms with Crippen LogP contribution >= 0.6 is 23.1 Å². The van der Waals surface area contributed by atoms with E-state index >= 15 is 0 Å². The number of methoxy groups -OCH3 is 2. The summed E-state index contributed by atoms with van der Waals surface area (Å²) in [5, 5.41) is 11.5. The molecule has 0 aliphatic rings. The first-order valence-corrected chi connectivity index (χ1v) is 11.4. The molecule has 2 heterocycles. The molecule has 0 fully saturated rings. The van der Waals surface area contributed by atoms with E-state index in [9.17, 15) is 9.59 Å². The predicted octanol–water partition coefficient (Wildman–Crippen LogP) is 4.34. The van der Waals surface area contributed by atoms with E-state index in [1.54, 1.807) is 39.3 Å². The van der Waals surface area contributed by atoms with Gasteiger partial charge in [0.05, 0.1) is 32.1 Å². The number of carbonyl (C=O) groups excluding carboxylic acids is 2. The normalized spacial score (nSPS) is 10.7. The molecule has 170 valence electrons. The van der Waals surface area contributed by atoms with Gasteiger partial charge in [0.1, 0.15) is 16.5 Å². The molecule has 0 aliphatic heterocycles. The topological polar surface area (TPSA) is 113 Å². The van der Waals surface area contributed by atoms with Gasteiger partial charge in [-0.1, -0.05) is 11.8 Å². The van der Waals surface area contributed by atoms with Crippen LogP contribution in [0.1, 0.15) is 27.7 Å². The molecule has 1 aromatic carbocycles. The van der Waals surface area contributed by atoms with Gasteiger partial charge in [-0.15, -0.1) is 21.5 Å². The van der Waals surface area contributed by atoms with Crippen LogP contribution in [0.15, 0.2) is 27.8 Å². The summed E-state index contributed by atoms with van der Waals surface area (Å²) in [7, 11) is 3.10. The zero-order valence-corrected chi connectivity index (χ0v) is 19.9. The van der Waals surface area contributed by atoms with E-state index in [1.807, 2.05) is 13.8 Å². The monoisotopic (exact) mass is 477 g/mol. The molecule has 2 aromatic heterocycles. The van der Waals surface area contributed by atoms with Gasteiger partial charge in [-0.25, -0.2) is 4.79 Å². The molecule has 0 bridgehead atoms. The fourth-order valence-electron chi connectivity index (χ4n) is 2.77. The molecular formula is C21H23N3O6S2. The first-order valence-electron chi connectivity index (χ1n) is 9.63. The summed E-state index contributed by atoms with van der Waals surface area (Å²) < 4.78 is 21.3. The van der Waals surface area contributed by atoms with Crippen LogP contribution in [0, 0.1) is 13.8 Å². The Balaban J connectivity index is 1.67. The van der Waals surface area contributed by atoms with Gasteiger partial charge in [0, 0.05) is 16.5 Å². The minimum Gasteiger partial charge on any atom is -0.497 e. The zero-order valence-electron chi connectivity index (χ0n) is 18.3. The highest BCUT2D eigenvalue weighted by Gasteiger charge is 2.22. The van der Waals surface area contributed by atoms with Crippen LogP contribution in [0.5, 0.6) is 11.5 Å². The van der Waals surface area contributed by atoms with Crippen molar-refractivity contribution in [2.24, 2.45) is 0 Å². The lowest BCUT2D eigenvalue weighted by atomic mass is 10.1. The number of rotatable bonds is 9. The lowest BCUT2D eigenvalue weighted by Crippen LogP contribution is -2.16. The van der Waals surface area contributed by atoms with E-state index in [1.165, 1.54) is 11.3 Å². The molecule has 3 aromatic rings. The number of aromatic nitrogens is 2. The number of esters is 1. The maximum atomic E-state index is 12.5. The second kappa shape index (κ2) is 10.5. The van der Waals surface area contributed by atoms with Crippen LogP contribution < -0.4 is 14.8 Å². The standard InChI is InChI=1S/C21H23N3O6S2/c1-6-29-20(26)17-11(2)12(3)32-19(17)22-16(25)10-31-21-24-23-18(30-21)13-7-14(27-4)9-15(8-13)28-5/h7-9H,6,10H2,1-5H3,(H,22,25). The maximum Gasteiger partial charge on any atom is 0.341 e. The van der Waals surface area contributed by atoms with Gasteiger partial charge in [-0.3, -0.25) is 4.79 Å². The number of benzene rings is 1. The molecule has 9 nitrogen and oxygen atoms in total. The van der Waals surface area contributed by atoms with Crippen molar-refractivity contribution in [1.82, 2.24) is 10.2 Å². The van der Waals surface area contributed by atoms with Crippen molar-refractivity contribution in [2.75, 3.05) is 31.9 Å². The first-order chi connectivity index (χ1) is 15.4. The van der Waals surface area contributed by atoms with E-state index in [-0.39, 0.29) is 29.4 Å². The lowest BCUT2D eigenvalue weighted by molar-refractivity contribution is -0.113. The highest BCUT2D eigenvalue weighted by Crippen LogP contribution is 2.34. The molecule has 1 amide bonds. The maximum absolute atomic E-state index is 12.5. The SMILES string of the molecule is CCOC(=O)c1c(NC(=O)CSc2nnc(-c3cc(OC)cc(OC)c3)o2)sc(C)c1C. The van der Waals surface area contributed by atoms with Crippen LogP contribution in [0.2, 0.25) is 0 Å². The van der Waals surface area contributed by atoms with Gasteiger partial charge in [0.2, 0.25) is 11.8 Å². The summed E-state index contributed by atoms with van der Waals surface area (Å²) in [5.74, 6) is 0.730. The van der Waals surface area contributed by atoms with E-state index in [0.717, 1.165) is 22.2 Å². The number of amides is 1. The number of nitrogens with one attached hydrogen (secondary N) is 1.